The summed E-state index contributed by atoms with van der Waals surface area (Å²) in [5, 5.41) is 9.62. The first kappa shape index (κ1) is 14.0. The van der Waals surface area contributed by atoms with Crippen molar-refractivity contribution in [3.05, 3.63) is 28.7 Å². The summed E-state index contributed by atoms with van der Waals surface area (Å²) in [7, 11) is -3.55. The normalized spacial score (nSPS) is 26.7. The van der Waals surface area contributed by atoms with Gasteiger partial charge in [-0.2, -0.15) is 0 Å². The maximum atomic E-state index is 12.2. The molecule has 1 aliphatic rings. The Morgan fingerprint density at radius 3 is 2.50 bits per heavy atom. The lowest BCUT2D eigenvalue weighted by molar-refractivity contribution is -0.0645. The van der Waals surface area contributed by atoms with Gasteiger partial charge in [0.25, 0.3) is 0 Å². The number of benzene rings is 1. The molecular weight excluding hydrogens is 318 g/mol. The Morgan fingerprint density at radius 1 is 1.39 bits per heavy atom. The van der Waals surface area contributed by atoms with Gasteiger partial charge in [-0.1, -0.05) is 26.0 Å². The van der Waals surface area contributed by atoms with Crippen LogP contribution in [0, 0.1) is 5.41 Å². The van der Waals surface area contributed by atoms with Crippen LogP contribution in [0.3, 0.4) is 0 Å². The number of sulfonamides is 1. The van der Waals surface area contributed by atoms with Gasteiger partial charge in [0.2, 0.25) is 10.0 Å². The van der Waals surface area contributed by atoms with E-state index in [-0.39, 0.29) is 10.9 Å². The molecule has 1 aromatic carbocycles. The average molecular weight is 334 g/mol. The molecule has 4 nitrogen and oxygen atoms in total. The van der Waals surface area contributed by atoms with E-state index in [4.69, 9.17) is 0 Å². The number of hydrogen-bond donors (Lipinski definition) is 2. The quantitative estimate of drug-likeness (QED) is 0.887. The summed E-state index contributed by atoms with van der Waals surface area (Å²) in [6.07, 6.45) is 0.000796. The second-order valence-electron chi connectivity index (χ2n) is 5.18. The molecule has 0 saturated heterocycles. The number of aliphatic hydroxyl groups excluding tert-OH is 1. The van der Waals surface area contributed by atoms with Crippen molar-refractivity contribution < 1.29 is 13.5 Å². The minimum Gasteiger partial charge on any atom is -0.392 e. The zero-order chi connectivity index (χ0) is 13.6. The third-order valence-electron chi connectivity index (χ3n) is 3.64. The molecule has 2 N–H and O–H groups in total. The molecule has 0 bridgehead atoms. The van der Waals surface area contributed by atoms with Gasteiger partial charge in [-0.15, -0.1) is 0 Å². The SMILES string of the molecule is CC1(C)C(O)CC1NS(=O)(=O)c1ccccc1Br. The number of rotatable bonds is 3. The summed E-state index contributed by atoms with van der Waals surface area (Å²) in [4.78, 5) is 0.224. The van der Waals surface area contributed by atoms with E-state index in [1.54, 1.807) is 24.3 Å². The van der Waals surface area contributed by atoms with Crippen molar-refractivity contribution in [1.82, 2.24) is 4.72 Å². The van der Waals surface area contributed by atoms with Gasteiger partial charge in [0, 0.05) is 15.9 Å². The van der Waals surface area contributed by atoms with Crippen molar-refractivity contribution in [3.63, 3.8) is 0 Å². The lowest BCUT2D eigenvalue weighted by Crippen LogP contribution is -2.61. The van der Waals surface area contributed by atoms with Gasteiger partial charge in [0.1, 0.15) is 0 Å². The van der Waals surface area contributed by atoms with Gasteiger partial charge in [-0.05, 0) is 34.5 Å². The van der Waals surface area contributed by atoms with Crippen LogP contribution in [0.15, 0.2) is 33.6 Å². The Labute approximate surface area is 116 Å². The van der Waals surface area contributed by atoms with Gasteiger partial charge in [0.05, 0.1) is 11.0 Å². The Morgan fingerprint density at radius 2 is 2.00 bits per heavy atom. The first-order chi connectivity index (χ1) is 8.25. The molecule has 2 unspecified atom stereocenters. The monoisotopic (exact) mass is 333 g/mol. The predicted octanol–water partition coefficient (Wildman–Crippen LogP) is 1.89. The molecule has 1 aromatic rings. The van der Waals surface area contributed by atoms with Crippen molar-refractivity contribution in [1.29, 1.82) is 0 Å². The fourth-order valence-electron chi connectivity index (χ4n) is 2.02. The highest BCUT2D eigenvalue weighted by molar-refractivity contribution is 9.10. The smallest absolute Gasteiger partial charge is 0.241 e. The Bertz CT molecular complexity index is 556. The molecule has 0 aromatic heterocycles. The van der Waals surface area contributed by atoms with Crippen molar-refractivity contribution in [2.24, 2.45) is 5.41 Å². The fourth-order valence-corrected chi connectivity index (χ4v) is 4.42. The second-order valence-corrected chi connectivity index (χ2v) is 7.71. The van der Waals surface area contributed by atoms with E-state index in [0.717, 1.165) is 0 Å². The number of nitrogens with one attached hydrogen (secondary N) is 1. The molecule has 0 aliphatic heterocycles. The Hall–Kier alpha value is -0.430. The van der Waals surface area contributed by atoms with Crippen molar-refractivity contribution >= 4 is 26.0 Å². The molecule has 6 heteroatoms. The predicted molar refractivity (Wildman–Crippen MR) is 72.7 cm³/mol. The molecule has 0 spiro atoms. The highest BCUT2D eigenvalue weighted by atomic mass is 79.9. The molecule has 1 aliphatic carbocycles. The largest absolute Gasteiger partial charge is 0.392 e. The van der Waals surface area contributed by atoms with Crippen molar-refractivity contribution in [2.75, 3.05) is 0 Å². The summed E-state index contributed by atoms with van der Waals surface area (Å²) < 4.78 is 27.6. The van der Waals surface area contributed by atoms with Crippen LogP contribution in [0.25, 0.3) is 0 Å². The van der Waals surface area contributed by atoms with Gasteiger partial charge in [-0.25, -0.2) is 13.1 Å². The molecule has 0 heterocycles. The lowest BCUT2D eigenvalue weighted by Gasteiger charge is -2.49. The second kappa shape index (κ2) is 4.59. The van der Waals surface area contributed by atoms with E-state index in [0.29, 0.717) is 10.9 Å². The van der Waals surface area contributed by atoms with Gasteiger partial charge in [-0.3, -0.25) is 0 Å². The van der Waals surface area contributed by atoms with Gasteiger partial charge >= 0.3 is 0 Å². The van der Waals surface area contributed by atoms with Crippen molar-refractivity contribution in [3.8, 4) is 0 Å². The molecule has 2 rings (SSSR count). The maximum absolute atomic E-state index is 12.2. The summed E-state index contributed by atoms with van der Waals surface area (Å²) in [6.45, 7) is 3.71. The fraction of sp³-hybridized carbons (Fsp3) is 0.500. The van der Waals surface area contributed by atoms with Gasteiger partial charge in [0.15, 0.2) is 0 Å². The molecular formula is C12H16BrNO3S. The van der Waals surface area contributed by atoms with E-state index >= 15 is 0 Å². The van der Waals surface area contributed by atoms with Crippen LogP contribution < -0.4 is 4.72 Å². The maximum Gasteiger partial charge on any atom is 0.241 e. The summed E-state index contributed by atoms with van der Waals surface area (Å²) in [6, 6.07) is 6.45. The Balaban J connectivity index is 2.22. The van der Waals surface area contributed by atoms with E-state index in [2.05, 4.69) is 20.7 Å². The minimum absolute atomic E-state index is 0.224. The molecule has 18 heavy (non-hydrogen) atoms. The van der Waals surface area contributed by atoms with Crippen molar-refractivity contribution in [2.45, 2.75) is 37.3 Å². The van der Waals surface area contributed by atoms with E-state index in [1.807, 2.05) is 13.8 Å². The lowest BCUT2D eigenvalue weighted by atomic mass is 9.65. The van der Waals surface area contributed by atoms with E-state index < -0.39 is 21.5 Å². The molecule has 0 radical (unpaired) electrons. The standard InChI is InChI=1S/C12H16BrNO3S/c1-12(2)10(7-11(12)15)14-18(16,17)9-6-4-3-5-8(9)13/h3-6,10-11,14-15H,7H2,1-2H3. The van der Waals surface area contributed by atoms with Gasteiger partial charge < -0.3 is 5.11 Å². The van der Waals surface area contributed by atoms with Crippen LogP contribution in [0.1, 0.15) is 20.3 Å². The van der Waals surface area contributed by atoms with E-state index in [9.17, 15) is 13.5 Å². The topological polar surface area (TPSA) is 66.4 Å². The highest BCUT2D eigenvalue weighted by Crippen LogP contribution is 2.41. The first-order valence-electron chi connectivity index (χ1n) is 5.70. The summed E-state index contributed by atoms with van der Waals surface area (Å²) in [5.74, 6) is 0. The number of aliphatic hydroxyl groups is 1. The number of hydrogen-bond acceptors (Lipinski definition) is 3. The molecule has 1 saturated carbocycles. The zero-order valence-corrected chi connectivity index (χ0v) is 12.6. The molecule has 2 atom stereocenters. The highest BCUT2D eigenvalue weighted by Gasteiger charge is 2.49. The van der Waals surface area contributed by atoms with Crippen LogP contribution in [-0.4, -0.2) is 25.7 Å². The zero-order valence-electron chi connectivity index (χ0n) is 10.2. The van der Waals surface area contributed by atoms with Crippen LogP contribution in [0.4, 0.5) is 0 Å². The third-order valence-corrected chi connectivity index (χ3v) is 6.12. The van der Waals surface area contributed by atoms with Crippen LogP contribution in [0.2, 0.25) is 0 Å². The van der Waals surface area contributed by atoms with Crippen LogP contribution in [-0.2, 0) is 10.0 Å². The first-order valence-corrected chi connectivity index (χ1v) is 7.97. The van der Waals surface area contributed by atoms with Crippen LogP contribution in [0.5, 0.6) is 0 Å². The number of halogens is 1. The summed E-state index contributed by atoms with van der Waals surface area (Å²) in [5.41, 5.74) is -0.422. The molecule has 1 fully saturated rings. The molecule has 0 amide bonds. The third kappa shape index (κ3) is 2.34. The summed E-state index contributed by atoms with van der Waals surface area (Å²) >= 11 is 3.23. The molecule has 100 valence electrons. The van der Waals surface area contributed by atoms with E-state index in [1.165, 1.54) is 0 Å². The average Bonchev–Trinajstić information content (AvgIpc) is 2.29. The Kier molecular flexibility index (Phi) is 3.57. The van der Waals surface area contributed by atoms with Crippen LogP contribution >= 0.6 is 15.9 Å². The minimum atomic E-state index is -3.55.